The maximum Gasteiger partial charge on any atom is 0.337 e. The third-order valence-electron chi connectivity index (χ3n) is 3.16. The molecule has 0 saturated carbocycles. The number of carboxylic acid groups (broad SMARTS) is 1. The van der Waals surface area contributed by atoms with Crippen LogP contribution in [0, 0.1) is 5.92 Å². The van der Waals surface area contributed by atoms with E-state index in [4.69, 9.17) is 9.84 Å². The first kappa shape index (κ1) is 15.3. The predicted molar refractivity (Wildman–Crippen MR) is 79.8 cm³/mol. The summed E-state index contributed by atoms with van der Waals surface area (Å²) in [5, 5.41) is 9.13. The van der Waals surface area contributed by atoms with E-state index in [1.165, 1.54) is 6.07 Å². The quantitative estimate of drug-likeness (QED) is 0.765. The average molecular weight is 292 g/mol. The second kappa shape index (κ2) is 6.58. The molecule has 0 aliphatic carbocycles. The van der Waals surface area contributed by atoms with Crippen LogP contribution in [-0.4, -0.2) is 33.8 Å². The van der Waals surface area contributed by atoms with Crippen LogP contribution >= 0.6 is 0 Å². The van der Waals surface area contributed by atoms with E-state index in [1.54, 1.807) is 16.7 Å². The van der Waals surface area contributed by atoms with Gasteiger partial charge in [0.05, 0.1) is 16.6 Å². The number of aromatic nitrogens is 2. The Hall–Kier alpha value is -2.08. The van der Waals surface area contributed by atoms with Crippen LogP contribution < -0.4 is 5.69 Å². The summed E-state index contributed by atoms with van der Waals surface area (Å²) in [6.45, 7) is 5.94. The molecule has 1 aromatic carbocycles. The highest BCUT2D eigenvalue weighted by molar-refractivity contribution is 6.00. The molecule has 0 aliphatic rings. The van der Waals surface area contributed by atoms with Gasteiger partial charge in [0.2, 0.25) is 0 Å². The first-order chi connectivity index (χ1) is 10.0. The van der Waals surface area contributed by atoms with Crippen molar-refractivity contribution in [3.05, 3.63) is 34.2 Å². The molecule has 2 N–H and O–H groups in total. The van der Waals surface area contributed by atoms with E-state index in [0.717, 1.165) is 0 Å². The van der Waals surface area contributed by atoms with E-state index >= 15 is 0 Å². The number of carbonyl (C=O) groups is 1. The second-order valence-electron chi connectivity index (χ2n) is 5.41. The number of carboxylic acids is 1. The van der Waals surface area contributed by atoms with E-state index in [9.17, 15) is 9.59 Å². The second-order valence-corrected chi connectivity index (χ2v) is 5.41. The lowest BCUT2D eigenvalue weighted by atomic mass is 10.2. The monoisotopic (exact) mass is 292 g/mol. The fourth-order valence-electron chi connectivity index (χ4n) is 2.22. The minimum atomic E-state index is -1.05. The molecule has 0 fully saturated rings. The standard InChI is InChI=1S/C15H20N2O4/c1-10(2)9-21-8-4-7-17-12-6-3-5-11(14(18)19)13(12)16-15(17)20/h3,5-6,10H,4,7-9H2,1-2H3,(H,16,20)(H,18,19). The van der Waals surface area contributed by atoms with Crippen molar-refractivity contribution in [2.45, 2.75) is 26.8 Å². The molecule has 2 rings (SSSR count). The van der Waals surface area contributed by atoms with Crippen LogP contribution in [0.4, 0.5) is 0 Å². The van der Waals surface area contributed by atoms with Crippen molar-refractivity contribution in [1.82, 2.24) is 9.55 Å². The number of hydrogen-bond acceptors (Lipinski definition) is 3. The Morgan fingerprint density at radius 3 is 2.86 bits per heavy atom. The summed E-state index contributed by atoms with van der Waals surface area (Å²) in [5.74, 6) is -0.562. The number of H-pyrrole nitrogens is 1. The van der Waals surface area contributed by atoms with Gasteiger partial charge in [-0.25, -0.2) is 9.59 Å². The number of hydrogen-bond donors (Lipinski definition) is 2. The minimum Gasteiger partial charge on any atom is -0.478 e. The molecule has 0 unspecified atom stereocenters. The lowest BCUT2D eigenvalue weighted by Crippen LogP contribution is -2.18. The predicted octanol–water partition coefficient (Wildman–Crippen LogP) is 2.09. The fraction of sp³-hybridized carbons (Fsp3) is 0.467. The van der Waals surface area contributed by atoms with Gasteiger partial charge in [0.1, 0.15) is 0 Å². The number of imidazole rings is 1. The van der Waals surface area contributed by atoms with Gasteiger partial charge in [-0.2, -0.15) is 0 Å². The number of benzene rings is 1. The molecule has 6 heteroatoms. The highest BCUT2D eigenvalue weighted by Gasteiger charge is 2.13. The average Bonchev–Trinajstić information content (AvgIpc) is 2.73. The van der Waals surface area contributed by atoms with E-state index in [2.05, 4.69) is 18.8 Å². The smallest absolute Gasteiger partial charge is 0.337 e. The highest BCUT2D eigenvalue weighted by atomic mass is 16.5. The number of aromatic amines is 1. The van der Waals surface area contributed by atoms with E-state index < -0.39 is 5.97 Å². The van der Waals surface area contributed by atoms with Gasteiger partial charge in [-0.1, -0.05) is 19.9 Å². The summed E-state index contributed by atoms with van der Waals surface area (Å²) in [6.07, 6.45) is 0.705. The molecule has 1 heterocycles. The van der Waals surface area contributed by atoms with Gasteiger partial charge in [0, 0.05) is 19.8 Å². The number of nitrogens with one attached hydrogen (secondary N) is 1. The Morgan fingerprint density at radius 2 is 2.19 bits per heavy atom. The van der Waals surface area contributed by atoms with Gasteiger partial charge >= 0.3 is 11.7 Å². The van der Waals surface area contributed by atoms with Crippen molar-refractivity contribution < 1.29 is 14.6 Å². The third-order valence-corrected chi connectivity index (χ3v) is 3.16. The van der Waals surface area contributed by atoms with Crippen LogP contribution in [0.1, 0.15) is 30.6 Å². The normalized spacial score (nSPS) is 11.4. The zero-order valence-electron chi connectivity index (χ0n) is 12.3. The molecule has 2 aromatic rings. The van der Waals surface area contributed by atoms with Crippen molar-refractivity contribution in [1.29, 1.82) is 0 Å². The van der Waals surface area contributed by atoms with E-state index in [-0.39, 0.29) is 11.3 Å². The van der Waals surface area contributed by atoms with Crippen LogP contribution in [0.2, 0.25) is 0 Å². The number of ether oxygens (including phenoxy) is 1. The van der Waals surface area contributed by atoms with Gasteiger partial charge in [0.15, 0.2) is 0 Å². The Kier molecular flexibility index (Phi) is 4.80. The fourth-order valence-corrected chi connectivity index (χ4v) is 2.22. The molecule has 0 amide bonds. The van der Waals surface area contributed by atoms with Crippen molar-refractivity contribution in [2.24, 2.45) is 5.92 Å². The molecule has 1 aromatic heterocycles. The first-order valence-electron chi connectivity index (χ1n) is 7.03. The van der Waals surface area contributed by atoms with Gasteiger partial charge in [-0.15, -0.1) is 0 Å². The number of aryl methyl sites for hydroxylation is 1. The molecule has 21 heavy (non-hydrogen) atoms. The number of nitrogens with zero attached hydrogens (tertiary/aromatic N) is 1. The molecule has 0 saturated heterocycles. The Labute approximate surface area is 122 Å². The maximum absolute atomic E-state index is 12.0. The summed E-state index contributed by atoms with van der Waals surface area (Å²) in [4.78, 5) is 25.7. The lowest BCUT2D eigenvalue weighted by Gasteiger charge is -2.07. The van der Waals surface area contributed by atoms with E-state index in [0.29, 0.717) is 43.1 Å². The summed E-state index contributed by atoms with van der Waals surface area (Å²) in [5.41, 5.74) is 0.809. The van der Waals surface area contributed by atoms with Gasteiger partial charge in [-0.3, -0.25) is 4.57 Å². The lowest BCUT2D eigenvalue weighted by molar-refractivity contribution is 0.0699. The molecule has 6 nitrogen and oxygen atoms in total. The van der Waals surface area contributed by atoms with Gasteiger partial charge in [0.25, 0.3) is 0 Å². The molecule has 0 aliphatic heterocycles. The Morgan fingerprint density at radius 1 is 1.43 bits per heavy atom. The zero-order chi connectivity index (χ0) is 15.4. The summed E-state index contributed by atoms with van der Waals surface area (Å²) < 4.78 is 7.04. The molecule has 0 radical (unpaired) electrons. The summed E-state index contributed by atoms with van der Waals surface area (Å²) >= 11 is 0. The van der Waals surface area contributed by atoms with Crippen LogP contribution in [0.5, 0.6) is 0 Å². The van der Waals surface area contributed by atoms with Gasteiger partial charge in [-0.05, 0) is 24.5 Å². The van der Waals surface area contributed by atoms with Crippen LogP contribution in [0.15, 0.2) is 23.0 Å². The van der Waals surface area contributed by atoms with E-state index in [1.807, 2.05) is 0 Å². The maximum atomic E-state index is 12.0. The van der Waals surface area contributed by atoms with Crippen molar-refractivity contribution in [2.75, 3.05) is 13.2 Å². The number of fused-ring (bicyclic) bond motifs is 1. The molecule has 0 bridgehead atoms. The zero-order valence-corrected chi connectivity index (χ0v) is 12.3. The molecule has 114 valence electrons. The molecular formula is C15H20N2O4. The molecule has 0 spiro atoms. The largest absolute Gasteiger partial charge is 0.478 e. The van der Waals surface area contributed by atoms with Crippen LogP contribution in [-0.2, 0) is 11.3 Å². The minimum absolute atomic E-state index is 0.111. The number of aromatic carboxylic acids is 1. The molecular weight excluding hydrogens is 272 g/mol. The van der Waals surface area contributed by atoms with Crippen molar-refractivity contribution >= 4 is 17.0 Å². The molecule has 0 atom stereocenters. The van der Waals surface area contributed by atoms with Crippen LogP contribution in [0.25, 0.3) is 11.0 Å². The van der Waals surface area contributed by atoms with Crippen molar-refractivity contribution in [3.8, 4) is 0 Å². The summed E-state index contributed by atoms with van der Waals surface area (Å²) in [7, 11) is 0. The highest BCUT2D eigenvalue weighted by Crippen LogP contribution is 2.15. The topological polar surface area (TPSA) is 84.3 Å². The number of rotatable bonds is 7. The van der Waals surface area contributed by atoms with Crippen LogP contribution in [0.3, 0.4) is 0 Å². The summed E-state index contributed by atoms with van der Waals surface area (Å²) in [6, 6.07) is 4.87. The Bertz CT molecular complexity index is 685. The third kappa shape index (κ3) is 3.52. The SMILES string of the molecule is CC(C)COCCCn1c(=O)[nH]c2c(C(=O)O)cccc21. The van der Waals surface area contributed by atoms with Gasteiger partial charge < -0.3 is 14.8 Å². The number of para-hydroxylation sites is 1. The Balaban J connectivity index is 2.14. The first-order valence-corrected chi connectivity index (χ1v) is 7.03. The van der Waals surface area contributed by atoms with Crippen molar-refractivity contribution in [3.63, 3.8) is 0 Å².